The maximum absolute atomic E-state index is 5.99. The Morgan fingerprint density at radius 2 is 1.95 bits per heavy atom. The van der Waals surface area contributed by atoms with Crippen molar-refractivity contribution in [1.29, 1.82) is 0 Å². The number of aryl methyl sites for hydroxylation is 1. The summed E-state index contributed by atoms with van der Waals surface area (Å²) in [7, 11) is 0. The predicted molar refractivity (Wildman–Crippen MR) is 78.2 cm³/mol. The summed E-state index contributed by atoms with van der Waals surface area (Å²) in [5.74, 6) is 1.11. The van der Waals surface area contributed by atoms with Crippen LogP contribution in [0, 0.1) is 6.92 Å². The van der Waals surface area contributed by atoms with Gasteiger partial charge < -0.3 is 0 Å². The number of rotatable bonds is 2. The molecule has 0 saturated carbocycles. The molecule has 0 amide bonds. The fourth-order valence-corrected chi connectivity index (χ4v) is 2.37. The smallest absolute Gasteiger partial charge is 0.164 e. The summed E-state index contributed by atoms with van der Waals surface area (Å²) in [4.78, 5) is 8.98. The molecule has 0 N–H and O–H groups in total. The first kappa shape index (κ1) is 12.5. The van der Waals surface area contributed by atoms with E-state index in [1.54, 1.807) is 0 Å². The Balaban J connectivity index is 2.29. The minimum absolute atomic E-state index is 0.331. The van der Waals surface area contributed by atoms with Gasteiger partial charge in [-0.1, -0.05) is 11.6 Å². The second-order valence-electron chi connectivity index (χ2n) is 4.33. The van der Waals surface area contributed by atoms with E-state index in [1.165, 1.54) is 0 Å². The first-order valence-electron chi connectivity index (χ1n) is 5.85. The Morgan fingerprint density at radius 1 is 1.21 bits per heavy atom. The van der Waals surface area contributed by atoms with Crippen LogP contribution >= 0.6 is 23.2 Å². The molecule has 0 spiro atoms. The largest absolute Gasteiger partial charge is 0.280 e. The third-order valence-electron chi connectivity index (χ3n) is 2.91. The van der Waals surface area contributed by atoms with Gasteiger partial charge in [0.25, 0.3) is 0 Å². The van der Waals surface area contributed by atoms with Gasteiger partial charge in [0.1, 0.15) is 11.3 Å². The molecule has 0 aliphatic carbocycles. The Hall–Kier alpha value is -1.58. The quantitative estimate of drug-likeness (QED) is 0.665. The number of hydrogen-bond donors (Lipinski definition) is 0. The SMILES string of the molecule is Cc1cnc2c(c1)nc(CCl)n2-c1ccc(Cl)cc1. The zero-order chi connectivity index (χ0) is 13.4. The molecule has 5 heteroatoms. The fraction of sp³-hybridized carbons (Fsp3) is 0.143. The van der Waals surface area contributed by atoms with Gasteiger partial charge in [0.15, 0.2) is 5.65 Å². The number of fused-ring (bicyclic) bond motifs is 1. The van der Waals surface area contributed by atoms with E-state index >= 15 is 0 Å². The molecule has 0 aliphatic heterocycles. The van der Waals surface area contributed by atoms with Gasteiger partial charge in [0.05, 0.1) is 5.88 Å². The van der Waals surface area contributed by atoms with Crippen molar-refractivity contribution in [3.05, 3.63) is 52.9 Å². The number of benzene rings is 1. The maximum atomic E-state index is 5.99. The third-order valence-corrected chi connectivity index (χ3v) is 3.40. The van der Waals surface area contributed by atoms with Gasteiger partial charge in [0, 0.05) is 16.9 Å². The number of halogens is 2. The number of imidazole rings is 1. The van der Waals surface area contributed by atoms with Crippen LogP contribution in [0.4, 0.5) is 0 Å². The summed E-state index contributed by atoms with van der Waals surface area (Å²) >= 11 is 11.9. The van der Waals surface area contributed by atoms with Gasteiger partial charge in [-0.15, -0.1) is 11.6 Å². The lowest BCUT2D eigenvalue weighted by Crippen LogP contribution is -2.00. The first-order chi connectivity index (χ1) is 9.19. The summed E-state index contributed by atoms with van der Waals surface area (Å²) in [6, 6.07) is 9.55. The third kappa shape index (κ3) is 2.20. The highest BCUT2D eigenvalue weighted by Gasteiger charge is 2.12. The predicted octanol–water partition coefficient (Wildman–Crippen LogP) is 4.12. The molecule has 3 rings (SSSR count). The first-order valence-corrected chi connectivity index (χ1v) is 6.76. The van der Waals surface area contributed by atoms with Crippen molar-refractivity contribution < 1.29 is 0 Å². The van der Waals surface area contributed by atoms with Crippen molar-refractivity contribution >= 4 is 34.4 Å². The molecule has 0 fully saturated rings. The molecule has 2 aromatic heterocycles. The Bertz CT molecular complexity index is 732. The minimum atomic E-state index is 0.331. The van der Waals surface area contributed by atoms with Crippen LogP contribution in [0.5, 0.6) is 0 Å². The lowest BCUT2D eigenvalue weighted by molar-refractivity contribution is 0.969. The topological polar surface area (TPSA) is 30.7 Å². The van der Waals surface area contributed by atoms with Crippen LogP contribution < -0.4 is 0 Å². The van der Waals surface area contributed by atoms with Gasteiger partial charge >= 0.3 is 0 Å². The molecule has 0 bridgehead atoms. The van der Waals surface area contributed by atoms with Crippen LogP contribution in [-0.4, -0.2) is 14.5 Å². The average molecular weight is 292 g/mol. The monoisotopic (exact) mass is 291 g/mol. The van der Waals surface area contributed by atoms with Crippen LogP contribution in [0.25, 0.3) is 16.9 Å². The van der Waals surface area contributed by atoms with E-state index in [-0.39, 0.29) is 0 Å². The van der Waals surface area contributed by atoms with E-state index in [4.69, 9.17) is 23.2 Å². The lowest BCUT2D eigenvalue weighted by atomic mass is 10.3. The second kappa shape index (κ2) is 4.83. The van der Waals surface area contributed by atoms with Crippen LogP contribution in [0.3, 0.4) is 0 Å². The number of nitrogens with zero attached hydrogens (tertiary/aromatic N) is 3. The molecule has 0 aliphatic rings. The minimum Gasteiger partial charge on any atom is -0.280 e. The lowest BCUT2D eigenvalue weighted by Gasteiger charge is -2.07. The summed E-state index contributed by atoms with van der Waals surface area (Å²) in [5.41, 5.74) is 3.70. The highest BCUT2D eigenvalue weighted by atomic mass is 35.5. The Kier molecular flexibility index (Phi) is 3.17. The molecule has 1 aromatic carbocycles. The normalized spacial score (nSPS) is 11.1. The molecule has 0 atom stereocenters. The second-order valence-corrected chi connectivity index (χ2v) is 5.03. The molecular formula is C14H11Cl2N3. The molecule has 3 nitrogen and oxygen atoms in total. The van der Waals surface area contributed by atoms with Crippen molar-refractivity contribution in [3.63, 3.8) is 0 Å². The highest BCUT2D eigenvalue weighted by Crippen LogP contribution is 2.22. The number of pyridine rings is 1. The summed E-state index contributed by atoms with van der Waals surface area (Å²) in [6.45, 7) is 1.99. The van der Waals surface area contributed by atoms with E-state index in [1.807, 2.05) is 48.0 Å². The van der Waals surface area contributed by atoms with E-state index in [0.717, 1.165) is 28.2 Å². The number of hydrogen-bond acceptors (Lipinski definition) is 2. The molecule has 0 saturated heterocycles. The van der Waals surface area contributed by atoms with Crippen LogP contribution in [0.1, 0.15) is 11.4 Å². The van der Waals surface area contributed by atoms with Crippen molar-refractivity contribution in [2.24, 2.45) is 0 Å². The highest BCUT2D eigenvalue weighted by molar-refractivity contribution is 6.30. The van der Waals surface area contributed by atoms with Gasteiger partial charge in [-0.25, -0.2) is 9.97 Å². The fourth-order valence-electron chi connectivity index (χ4n) is 2.06. The van der Waals surface area contributed by atoms with E-state index in [2.05, 4.69) is 9.97 Å². The zero-order valence-electron chi connectivity index (χ0n) is 10.3. The van der Waals surface area contributed by atoms with Crippen LogP contribution in [0.15, 0.2) is 36.5 Å². The van der Waals surface area contributed by atoms with Crippen molar-refractivity contribution in [2.75, 3.05) is 0 Å². The molecule has 19 heavy (non-hydrogen) atoms. The summed E-state index contributed by atoms with van der Waals surface area (Å²) < 4.78 is 1.96. The van der Waals surface area contributed by atoms with E-state index in [9.17, 15) is 0 Å². The zero-order valence-corrected chi connectivity index (χ0v) is 11.8. The van der Waals surface area contributed by atoms with Crippen LogP contribution in [-0.2, 0) is 5.88 Å². The molecule has 3 aromatic rings. The summed E-state index contributed by atoms with van der Waals surface area (Å²) in [5, 5.41) is 0.699. The van der Waals surface area contributed by atoms with Crippen LogP contribution in [0.2, 0.25) is 5.02 Å². The van der Waals surface area contributed by atoms with Gasteiger partial charge in [-0.05, 0) is 42.8 Å². The molecule has 0 unspecified atom stereocenters. The molecule has 0 radical (unpaired) electrons. The molecular weight excluding hydrogens is 281 g/mol. The number of aromatic nitrogens is 3. The molecule has 2 heterocycles. The van der Waals surface area contributed by atoms with Crippen molar-refractivity contribution in [3.8, 4) is 5.69 Å². The summed E-state index contributed by atoms with van der Waals surface area (Å²) in [6.07, 6.45) is 1.83. The van der Waals surface area contributed by atoms with Gasteiger partial charge in [-0.3, -0.25) is 4.57 Å². The van der Waals surface area contributed by atoms with E-state index in [0.29, 0.717) is 10.9 Å². The molecule has 96 valence electrons. The van der Waals surface area contributed by atoms with E-state index < -0.39 is 0 Å². The Labute approximate surface area is 120 Å². The van der Waals surface area contributed by atoms with Crippen molar-refractivity contribution in [2.45, 2.75) is 12.8 Å². The maximum Gasteiger partial charge on any atom is 0.164 e. The average Bonchev–Trinajstić information content (AvgIpc) is 2.77. The number of alkyl halides is 1. The van der Waals surface area contributed by atoms with Gasteiger partial charge in [-0.2, -0.15) is 0 Å². The Morgan fingerprint density at radius 3 is 2.63 bits per heavy atom. The standard InChI is InChI=1S/C14H11Cl2N3/c1-9-6-12-14(17-8-9)19(13(7-15)18-12)11-4-2-10(16)3-5-11/h2-6,8H,7H2,1H3. The van der Waals surface area contributed by atoms with Crippen molar-refractivity contribution in [1.82, 2.24) is 14.5 Å². The van der Waals surface area contributed by atoms with Gasteiger partial charge in [0.2, 0.25) is 0 Å².